The fourth-order valence-corrected chi connectivity index (χ4v) is 3.58. The van der Waals surface area contributed by atoms with Gasteiger partial charge in [-0.1, -0.05) is 24.6 Å². The van der Waals surface area contributed by atoms with Gasteiger partial charge in [0.15, 0.2) is 0 Å². The molecule has 1 N–H and O–H groups in total. The van der Waals surface area contributed by atoms with Crippen molar-refractivity contribution in [1.82, 2.24) is 4.90 Å². The molecule has 0 bridgehead atoms. The van der Waals surface area contributed by atoms with Crippen molar-refractivity contribution in [3.05, 3.63) is 30.3 Å². The fourth-order valence-electron chi connectivity index (χ4n) is 3.58. The first-order valence-electron chi connectivity index (χ1n) is 7.36. The zero-order chi connectivity index (χ0) is 12.4. The maximum atomic E-state index is 3.55. The van der Waals surface area contributed by atoms with Crippen molar-refractivity contribution in [3.63, 3.8) is 0 Å². The van der Waals surface area contributed by atoms with Gasteiger partial charge in [0.2, 0.25) is 0 Å². The predicted octanol–water partition coefficient (Wildman–Crippen LogP) is 3.22. The molecule has 0 radical (unpaired) electrons. The zero-order valence-electron chi connectivity index (χ0n) is 11.3. The van der Waals surface area contributed by atoms with Crippen LogP contribution in [-0.4, -0.2) is 30.6 Å². The van der Waals surface area contributed by atoms with Crippen LogP contribution >= 0.6 is 0 Å². The molecule has 1 saturated carbocycles. The first-order chi connectivity index (χ1) is 8.83. The highest BCUT2D eigenvalue weighted by atomic mass is 15.2. The molecule has 0 aromatic heterocycles. The number of nitrogens with one attached hydrogen (secondary N) is 1. The average molecular weight is 244 g/mol. The van der Waals surface area contributed by atoms with E-state index >= 15 is 0 Å². The van der Waals surface area contributed by atoms with E-state index < -0.39 is 0 Å². The van der Waals surface area contributed by atoms with Crippen molar-refractivity contribution in [3.8, 4) is 0 Å². The second kappa shape index (κ2) is 5.31. The van der Waals surface area contributed by atoms with Gasteiger partial charge in [0, 0.05) is 31.4 Å². The molecule has 3 atom stereocenters. The van der Waals surface area contributed by atoms with E-state index in [1.54, 1.807) is 0 Å². The SMILES string of the molecule is CC(CNc1ccccc1)N1CC2CCCC2C1. The molecule has 1 heterocycles. The molecule has 2 fully saturated rings. The van der Waals surface area contributed by atoms with Gasteiger partial charge in [-0.3, -0.25) is 4.90 Å². The van der Waals surface area contributed by atoms with Crippen LogP contribution in [0.15, 0.2) is 30.3 Å². The summed E-state index contributed by atoms with van der Waals surface area (Å²) in [5, 5.41) is 3.55. The van der Waals surface area contributed by atoms with Crippen LogP contribution in [0.4, 0.5) is 5.69 Å². The molecule has 1 saturated heterocycles. The highest BCUT2D eigenvalue weighted by Crippen LogP contribution is 2.38. The predicted molar refractivity (Wildman–Crippen MR) is 76.8 cm³/mol. The Kier molecular flexibility index (Phi) is 3.55. The van der Waals surface area contributed by atoms with Crippen LogP contribution in [0.25, 0.3) is 0 Å². The standard InChI is InChI=1S/C16H24N2/c1-13(10-17-16-8-3-2-4-9-16)18-11-14-6-5-7-15(14)12-18/h2-4,8-9,13-15,17H,5-7,10-12H2,1H3. The third-order valence-electron chi connectivity index (χ3n) is 4.75. The quantitative estimate of drug-likeness (QED) is 0.875. The lowest BCUT2D eigenvalue weighted by Gasteiger charge is -2.25. The van der Waals surface area contributed by atoms with Gasteiger partial charge in [-0.15, -0.1) is 0 Å². The second-order valence-electron chi connectivity index (χ2n) is 6.00. The molecule has 3 rings (SSSR count). The Balaban J connectivity index is 1.49. The third-order valence-corrected chi connectivity index (χ3v) is 4.75. The molecule has 2 aliphatic rings. The Morgan fingerprint density at radius 2 is 1.83 bits per heavy atom. The number of para-hydroxylation sites is 1. The molecule has 1 aliphatic carbocycles. The summed E-state index contributed by atoms with van der Waals surface area (Å²) in [5.74, 6) is 2.01. The maximum Gasteiger partial charge on any atom is 0.0340 e. The van der Waals surface area contributed by atoms with E-state index in [2.05, 4.69) is 47.5 Å². The molecule has 18 heavy (non-hydrogen) atoms. The third kappa shape index (κ3) is 2.54. The van der Waals surface area contributed by atoms with E-state index in [1.807, 2.05) is 0 Å². The Morgan fingerprint density at radius 1 is 1.17 bits per heavy atom. The number of hydrogen-bond donors (Lipinski definition) is 1. The summed E-state index contributed by atoms with van der Waals surface area (Å²) in [7, 11) is 0. The Labute approximate surface area is 110 Å². The van der Waals surface area contributed by atoms with E-state index in [9.17, 15) is 0 Å². The largest absolute Gasteiger partial charge is 0.383 e. The normalized spacial score (nSPS) is 29.2. The van der Waals surface area contributed by atoms with E-state index in [0.29, 0.717) is 6.04 Å². The van der Waals surface area contributed by atoms with E-state index in [4.69, 9.17) is 0 Å². The van der Waals surface area contributed by atoms with Gasteiger partial charge in [-0.2, -0.15) is 0 Å². The molecule has 0 spiro atoms. The van der Waals surface area contributed by atoms with Crippen molar-refractivity contribution < 1.29 is 0 Å². The molecule has 1 aliphatic heterocycles. The van der Waals surface area contributed by atoms with Crippen LogP contribution in [0.3, 0.4) is 0 Å². The lowest BCUT2D eigenvalue weighted by molar-refractivity contribution is 0.248. The number of rotatable bonds is 4. The molecule has 1 aromatic carbocycles. The van der Waals surface area contributed by atoms with Gasteiger partial charge in [-0.05, 0) is 43.7 Å². The molecular weight excluding hydrogens is 220 g/mol. The van der Waals surface area contributed by atoms with E-state index in [1.165, 1.54) is 38.0 Å². The lowest BCUT2D eigenvalue weighted by atomic mass is 10.0. The molecule has 1 aromatic rings. The maximum absolute atomic E-state index is 3.55. The van der Waals surface area contributed by atoms with Crippen LogP contribution in [0.2, 0.25) is 0 Å². The Morgan fingerprint density at radius 3 is 2.50 bits per heavy atom. The highest BCUT2D eigenvalue weighted by molar-refractivity contribution is 5.42. The number of nitrogens with zero attached hydrogens (tertiary/aromatic N) is 1. The summed E-state index contributed by atoms with van der Waals surface area (Å²) in [6.45, 7) is 6.09. The van der Waals surface area contributed by atoms with Gasteiger partial charge in [0.05, 0.1) is 0 Å². The number of benzene rings is 1. The molecule has 0 amide bonds. The molecule has 2 heteroatoms. The number of hydrogen-bond acceptors (Lipinski definition) is 2. The second-order valence-corrected chi connectivity index (χ2v) is 6.00. The zero-order valence-corrected chi connectivity index (χ0v) is 11.3. The number of fused-ring (bicyclic) bond motifs is 1. The molecular formula is C16H24N2. The summed E-state index contributed by atoms with van der Waals surface area (Å²) in [6, 6.07) is 11.2. The Hall–Kier alpha value is -1.02. The van der Waals surface area contributed by atoms with Crippen molar-refractivity contribution in [1.29, 1.82) is 0 Å². The average Bonchev–Trinajstić information content (AvgIpc) is 2.98. The first kappa shape index (κ1) is 12.0. The summed E-state index contributed by atoms with van der Waals surface area (Å²) in [6.07, 6.45) is 4.42. The number of likely N-dealkylation sites (tertiary alicyclic amines) is 1. The molecule has 2 nitrogen and oxygen atoms in total. The van der Waals surface area contributed by atoms with Crippen LogP contribution in [0.5, 0.6) is 0 Å². The van der Waals surface area contributed by atoms with E-state index in [-0.39, 0.29) is 0 Å². The van der Waals surface area contributed by atoms with Gasteiger partial charge in [-0.25, -0.2) is 0 Å². The van der Waals surface area contributed by atoms with Crippen LogP contribution in [0.1, 0.15) is 26.2 Å². The first-order valence-corrected chi connectivity index (χ1v) is 7.36. The van der Waals surface area contributed by atoms with Crippen molar-refractivity contribution in [2.24, 2.45) is 11.8 Å². The molecule has 3 unspecified atom stereocenters. The van der Waals surface area contributed by atoms with Gasteiger partial charge in [0.25, 0.3) is 0 Å². The summed E-state index contributed by atoms with van der Waals surface area (Å²) >= 11 is 0. The Bertz CT molecular complexity index is 364. The van der Waals surface area contributed by atoms with Crippen LogP contribution < -0.4 is 5.32 Å². The minimum absolute atomic E-state index is 0.649. The summed E-state index contributed by atoms with van der Waals surface area (Å²) < 4.78 is 0. The van der Waals surface area contributed by atoms with Crippen molar-refractivity contribution >= 4 is 5.69 Å². The van der Waals surface area contributed by atoms with Gasteiger partial charge in [0.1, 0.15) is 0 Å². The highest BCUT2D eigenvalue weighted by Gasteiger charge is 2.37. The summed E-state index contributed by atoms with van der Waals surface area (Å²) in [4.78, 5) is 2.68. The minimum atomic E-state index is 0.649. The van der Waals surface area contributed by atoms with Gasteiger partial charge < -0.3 is 5.32 Å². The van der Waals surface area contributed by atoms with Crippen LogP contribution in [0, 0.1) is 11.8 Å². The minimum Gasteiger partial charge on any atom is -0.383 e. The topological polar surface area (TPSA) is 15.3 Å². The van der Waals surface area contributed by atoms with Gasteiger partial charge >= 0.3 is 0 Å². The van der Waals surface area contributed by atoms with Crippen LogP contribution in [-0.2, 0) is 0 Å². The van der Waals surface area contributed by atoms with Crippen molar-refractivity contribution in [2.45, 2.75) is 32.2 Å². The molecule has 98 valence electrons. The van der Waals surface area contributed by atoms with E-state index in [0.717, 1.165) is 18.4 Å². The smallest absolute Gasteiger partial charge is 0.0340 e. The monoisotopic (exact) mass is 244 g/mol. The fraction of sp³-hybridized carbons (Fsp3) is 0.625. The number of anilines is 1. The lowest BCUT2D eigenvalue weighted by Crippen LogP contribution is -2.36. The van der Waals surface area contributed by atoms with Crippen molar-refractivity contribution in [2.75, 3.05) is 25.0 Å². The summed E-state index contributed by atoms with van der Waals surface area (Å²) in [5.41, 5.74) is 1.24.